The lowest BCUT2D eigenvalue weighted by molar-refractivity contribution is -0.0330. The van der Waals surface area contributed by atoms with Gasteiger partial charge in [0.25, 0.3) is 10.2 Å². The maximum atomic E-state index is 10.9. The Balaban J connectivity index is 1.86. The van der Waals surface area contributed by atoms with E-state index in [9.17, 15) is 18.6 Å². The summed E-state index contributed by atoms with van der Waals surface area (Å²) in [6.07, 6.45) is -2.09. The summed E-state index contributed by atoms with van der Waals surface area (Å²) in [6, 6.07) is 0. The minimum absolute atomic E-state index is 0.161. The Morgan fingerprint density at radius 3 is 2.74 bits per heavy atom. The number of nitrogens with one attached hydrogen (secondary N) is 1. The van der Waals surface area contributed by atoms with Crippen molar-refractivity contribution >= 4 is 27.2 Å². The van der Waals surface area contributed by atoms with Gasteiger partial charge in [0.2, 0.25) is 0 Å². The summed E-state index contributed by atoms with van der Waals surface area (Å²) in [6.45, 7) is -0.294. The van der Waals surface area contributed by atoms with Gasteiger partial charge in [-0.05, 0) is 0 Å². The van der Waals surface area contributed by atoms with Gasteiger partial charge in [0.05, 0.1) is 6.33 Å². The number of rotatable bonds is 4. The van der Waals surface area contributed by atoms with E-state index >= 15 is 0 Å². The maximum Gasteiger partial charge on any atom is 0.274 e. The van der Waals surface area contributed by atoms with Gasteiger partial charge in [-0.25, -0.2) is 20.1 Å². The van der Waals surface area contributed by atoms with Crippen LogP contribution in [0.4, 0.5) is 5.82 Å². The van der Waals surface area contributed by atoms with Crippen molar-refractivity contribution in [2.75, 3.05) is 12.3 Å². The van der Waals surface area contributed by atoms with Crippen molar-refractivity contribution in [3.8, 4) is 0 Å². The Kier molecular flexibility index (Phi) is 3.91. The van der Waals surface area contributed by atoms with Gasteiger partial charge < -0.3 is 20.7 Å². The largest absolute Gasteiger partial charge is 0.387 e. The lowest BCUT2D eigenvalue weighted by Gasteiger charge is -2.16. The molecule has 3 heterocycles. The molecule has 23 heavy (non-hydrogen) atoms. The second-order valence-electron chi connectivity index (χ2n) is 5.02. The summed E-state index contributed by atoms with van der Waals surface area (Å²) in [5.74, 6) is 0.161. The number of ether oxygens (including phenoxy) is 1. The number of hydrogen-bond acceptors (Lipinski definition) is 9. The molecule has 3 rings (SSSR count). The highest BCUT2D eigenvalue weighted by Gasteiger charge is 2.44. The first-order valence-electron chi connectivity index (χ1n) is 6.50. The van der Waals surface area contributed by atoms with Crippen LogP contribution in [0.5, 0.6) is 0 Å². The minimum Gasteiger partial charge on any atom is -0.387 e. The van der Waals surface area contributed by atoms with Crippen molar-refractivity contribution in [1.82, 2.24) is 24.2 Å². The van der Waals surface area contributed by atoms with Crippen LogP contribution in [-0.2, 0) is 14.9 Å². The van der Waals surface area contributed by atoms with E-state index in [1.807, 2.05) is 4.72 Å². The van der Waals surface area contributed by atoms with E-state index in [-0.39, 0.29) is 12.4 Å². The number of nitrogen functional groups attached to an aromatic ring is 1. The third-order valence-electron chi connectivity index (χ3n) is 3.48. The van der Waals surface area contributed by atoms with E-state index in [0.29, 0.717) is 11.2 Å². The van der Waals surface area contributed by atoms with E-state index in [1.54, 1.807) is 0 Å². The number of fused-ring (bicyclic) bond motifs is 1. The summed E-state index contributed by atoms with van der Waals surface area (Å²) >= 11 is 0. The van der Waals surface area contributed by atoms with E-state index < -0.39 is 34.7 Å². The Bertz CT molecular complexity index is 824. The van der Waals surface area contributed by atoms with Crippen molar-refractivity contribution in [3.05, 3.63) is 12.7 Å². The zero-order valence-corrected chi connectivity index (χ0v) is 12.5. The molecule has 0 aromatic carbocycles. The van der Waals surface area contributed by atoms with Gasteiger partial charge in [-0.1, -0.05) is 0 Å². The number of hydrogen-bond donors (Lipinski definition) is 5. The lowest BCUT2D eigenvalue weighted by atomic mass is 10.1. The van der Waals surface area contributed by atoms with Crippen LogP contribution in [0.1, 0.15) is 6.23 Å². The summed E-state index contributed by atoms with van der Waals surface area (Å²) in [5, 5.41) is 25.0. The van der Waals surface area contributed by atoms with Crippen molar-refractivity contribution in [3.63, 3.8) is 0 Å². The van der Waals surface area contributed by atoms with E-state index in [1.165, 1.54) is 17.2 Å². The molecule has 126 valence electrons. The molecular formula is C10H15N7O5S. The molecular weight excluding hydrogens is 330 g/mol. The normalized spacial score (nSPS) is 28.5. The molecule has 13 heteroatoms. The molecule has 0 amide bonds. The minimum atomic E-state index is -3.94. The number of aliphatic hydroxyl groups excluding tert-OH is 2. The Labute approximate surface area is 130 Å². The van der Waals surface area contributed by atoms with Gasteiger partial charge in [-0.2, -0.15) is 13.1 Å². The van der Waals surface area contributed by atoms with Crippen LogP contribution in [0.15, 0.2) is 12.7 Å². The molecule has 1 aliphatic heterocycles. The third-order valence-corrected chi connectivity index (χ3v) is 4.05. The molecule has 1 saturated heterocycles. The Hall–Kier alpha value is -1.90. The predicted octanol–water partition coefficient (Wildman–Crippen LogP) is -3.18. The molecule has 0 bridgehead atoms. The zero-order chi connectivity index (χ0) is 16.8. The van der Waals surface area contributed by atoms with Gasteiger partial charge in [0.1, 0.15) is 30.2 Å². The molecule has 0 spiro atoms. The number of anilines is 1. The fourth-order valence-electron chi connectivity index (χ4n) is 2.38. The molecule has 0 radical (unpaired) electrons. The van der Waals surface area contributed by atoms with Crippen LogP contribution < -0.4 is 15.6 Å². The monoisotopic (exact) mass is 345 g/mol. The van der Waals surface area contributed by atoms with E-state index in [4.69, 9.17) is 15.6 Å². The van der Waals surface area contributed by atoms with Crippen LogP contribution in [0.25, 0.3) is 11.2 Å². The molecule has 2 aromatic rings. The van der Waals surface area contributed by atoms with Crippen molar-refractivity contribution in [2.24, 2.45) is 5.14 Å². The predicted molar refractivity (Wildman–Crippen MR) is 76.8 cm³/mol. The zero-order valence-electron chi connectivity index (χ0n) is 11.6. The van der Waals surface area contributed by atoms with Crippen LogP contribution in [-0.4, -0.2) is 63.0 Å². The van der Waals surface area contributed by atoms with Crippen LogP contribution in [0, 0.1) is 0 Å². The first-order valence-corrected chi connectivity index (χ1v) is 8.04. The van der Waals surface area contributed by atoms with Gasteiger partial charge >= 0.3 is 0 Å². The van der Waals surface area contributed by atoms with Crippen LogP contribution in [0.2, 0.25) is 0 Å². The molecule has 0 unspecified atom stereocenters. The molecule has 0 saturated carbocycles. The van der Waals surface area contributed by atoms with Crippen molar-refractivity contribution in [1.29, 1.82) is 0 Å². The van der Waals surface area contributed by atoms with Crippen LogP contribution >= 0.6 is 0 Å². The van der Waals surface area contributed by atoms with Gasteiger partial charge in [0, 0.05) is 6.54 Å². The highest BCUT2D eigenvalue weighted by molar-refractivity contribution is 7.87. The van der Waals surface area contributed by atoms with E-state index in [2.05, 4.69) is 15.0 Å². The number of aromatic nitrogens is 4. The first-order chi connectivity index (χ1) is 10.8. The number of nitrogens with two attached hydrogens (primary N) is 2. The molecule has 4 atom stereocenters. The maximum absolute atomic E-state index is 10.9. The molecule has 7 N–H and O–H groups in total. The highest BCUT2D eigenvalue weighted by Crippen LogP contribution is 2.31. The first kappa shape index (κ1) is 16.0. The quantitative estimate of drug-likeness (QED) is 0.380. The van der Waals surface area contributed by atoms with E-state index in [0.717, 1.165) is 0 Å². The highest BCUT2D eigenvalue weighted by atomic mass is 32.2. The van der Waals surface area contributed by atoms with Gasteiger partial charge in [-0.15, -0.1) is 0 Å². The smallest absolute Gasteiger partial charge is 0.274 e. The molecule has 1 aliphatic rings. The average Bonchev–Trinajstić information content (AvgIpc) is 3.01. The molecule has 2 aromatic heterocycles. The van der Waals surface area contributed by atoms with Crippen LogP contribution in [0.3, 0.4) is 0 Å². The lowest BCUT2D eigenvalue weighted by Crippen LogP contribution is -2.42. The number of aliphatic hydroxyl groups is 2. The molecule has 12 nitrogen and oxygen atoms in total. The fraction of sp³-hybridized carbons (Fsp3) is 0.500. The average molecular weight is 345 g/mol. The Morgan fingerprint density at radius 2 is 2.04 bits per heavy atom. The summed E-state index contributed by atoms with van der Waals surface area (Å²) in [4.78, 5) is 11.9. The number of nitrogens with zero attached hydrogens (tertiary/aromatic N) is 4. The summed E-state index contributed by atoms with van der Waals surface area (Å²) < 4.78 is 30.7. The van der Waals surface area contributed by atoms with Gasteiger partial charge in [-0.3, -0.25) is 4.57 Å². The number of imidazole rings is 1. The van der Waals surface area contributed by atoms with Gasteiger partial charge in [0.15, 0.2) is 17.7 Å². The summed E-state index contributed by atoms with van der Waals surface area (Å²) in [7, 11) is -3.94. The molecule has 0 aliphatic carbocycles. The summed E-state index contributed by atoms with van der Waals surface area (Å²) in [5.41, 5.74) is 6.32. The SMILES string of the molecule is Nc1ncnc2c1ncn2[C@@H]1O[C@H](CNS(N)(=O)=O)[C@@H](O)[C@H]1O. The second-order valence-corrected chi connectivity index (χ2v) is 6.40. The fourth-order valence-corrected chi connectivity index (χ4v) is 2.78. The topological polar surface area (TPSA) is 191 Å². The standard InChI is InChI=1S/C10H15N7O5S/c11-8-5-9(14-2-13-8)17(3-15-5)10-7(19)6(18)4(22-10)1-16-23(12,20)21/h2-4,6-7,10,16,18-19H,1H2,(H2,11,13,14)(H2,12,20,21)/t4-,6-,7-,10-/m1/s1. The Morgan fingerprint density at radius 1 is 1.30 bits per heavy atom. The van der Waals surface area contributed by atoms with Crippen molar-refractivity contribution < 1.29 is 23.4 Å². The van der Waals surface area contributed by atoms with Crippen molar-refractivity contribution in [2.45, 2.75) is 24.5 Å². The third kappa shape index (κ3) is 2.97. The second kappa shape index (κ2) is 5.63. The molecule has 1 fully saturated rings.